The quantitative estimate of drug-likeness (QED) is 0.815. The molecule has 2 unspecified atom stereocenters. The second-order valence-corrected chi connectivity index (χ2v) is 4.33. The maximum Gasteiger partial charge on any atom is 0.141 e. The summed E-state index contributed by atoms with van der Waals surface area (Å²) in [6, 6.07) is 10.0. The van der Waals surface area contributed by atoms with E-state index in [4.69, 9.17) is 5.73 Å². The minimum Gasteiger partial charge on any atom is -0.327 e. The maximum absolute atomic E-state index is 11.9. The number of hydrogen-bond acceptors (Lipinski definition) is 2. The zero-order valence-electron chi connectivity index (χ0n) is 8.86. The molecule has 15 heavy (non-hydrogen) atoms. The van der Waals surface area contributed by atoms with E-state index in [0.717, 1.165) is 24.8 Å². The van der Waals surface area contributed by atoms with E-state index < -0.39 is 0 Å². The van der Waals surface area contributed by atoms with Crippen LogP contribution in [0.3, 0.4) is 0 Å². The van der Waals surface area contributed by atoms with Gasteiger partial charge in [0.05, 0.1) is 0 Å². The van der Waals surface area contributed by atoms with Crippen LogP contribution in [0, 0.1) is 5.92 Å². The van der Waals surface area contributed by atoms with Crippen molar-refractivity contribution in [3.63, 3.8) is 0 Å². The van der Waals surface area contributed by atoms with Crippen molar-refractivity contribution >= 4 is 5.78 Å². The first-order valence-electron chi connectivity index (χ1n) is 5.59. The molecule has 0 aromatic heterocycles. The van der Waals surface area contributed by atoms with Crippen LogP contribution < -0.4 is 5.73 Å². The number of rotatable bonds is 3. The van der Waals surface area contributed by atoms with Crippen LogP contribution in [-0.2, 0) is 11.2 Å². The molecule has 0 bridgehead atoms. The average molecular weight is 203 g/mol. The first kappa shape index (κ1) is 10.4. The zero-order chi connectivity index (χ0) is 10.7. The topological polar surface area (TPSA) is 43.1 Å². The Balaban J connectivity index is 1.98. The molecule has 2 heteroatoms. The van der Waals surface area contributed by atoms with Gasteiger partial charge in [-0.2, -0.15) is 0 Å². The number of Topliss-reactive ketones (excluding diaryl/α,β-unsaturated/α-hetero) is 1. The van der Waals surface area contributed by atoms with Crippen LogP contribution in [0.15, 0.2) is 30.3 Å². The fraction of sp³-hybridized carbons (Fsp3) is 0.462. The van der Waals surface area contributed by atoms with Crippen molar-refractivity contribution in [3.05, 3.63) is 35.9 Å². The lowest BCUT2D eigenvalue weighted by atomic mass is 9.94. The molecule has 0 saturated heterocycles. The molecule has 2 atom stereocenters. The van der Waals surface area contributed by atoms with Gasteiger partial charge in [0.25, 0.3) is 0 Å². The Morgan fingerprint density at radius 2 is 2.00 bits per heavy atom. The summed E-state index contributed by atoms with van der Waals surface area (Å²) >= 11 is 0. The Bertz CT molecular complexity index is 334. The third-order valence-electron chi connectivity index (χ3n) is 3.20. The average Bonchev–Trinajstić information content (AvgIpc) is 2.66. The minimum atomic E-state index is 0.0983. The monoisotopic (exact) mass is 203 g/mol. The summed E-state index contributed by atoms with van der Waals surface area (Å²) < 4.78 is 0. The number of carbonyl (C=O) groups excluding carboxylic acids is 1. The fourth-order valence-electron chi connectivity index (χ4n) is 2.32. The second kappa shape index (κ2) is 4.58. The van der Waals surface area contributed by atoms with Crippen LogP contribution in [0.4, 0.5) is 0 Å². The Labute approximate surface area is 90.5 Å². The third-order valence-corrected chi connectivity index (χ3v) is 3.20. The predicted molar refractivity (Wildman–Crippen MR) is 60.5 cm³/mol. The molecule has 2 N–H and O–H groups in total. The van der Waals surface area contributed by atoms with Gasteiger partial charge in [0.15, 0.2) is 0 Å². The minimum absolute atomic E-state index is 0.0983. The van der Waals surface area contributed by atoms with Crippen LogP contribution in [0.5, 0.6) is 0 Å². The van der Waals surface area contributed by atoms with E-state index in [2.05, 4.69) is 0 Å². The zero-order valence-corrected chi connectivity index (χ0v) is 8.86. The highest BCUT2D eigenvalue weighted by Gasteiger charge is 2.29. The molecule has 1 fully saturated rings. The van der Waals surface area contributed by atoms with E-state index in [1.807, 2.05) is 30.3 Å². The number of benzene rings is 1. The predicted octanol–water partition coefficient (Wildman–Crippen LogP) is 1.93. The first-order chi connectivity index (χ1) is 7.27. The summed E-state index contributed by atoms with van der Waals surface area (Å²) in [5.41, 5.74) is 7.01. The summed E-state index contributed by atoms with van der Waals surface area (Å²) in [7, 11) is 0. The summed E-state index contributed by atoms with van der Waals surface area (Å²) in [5, 5.41) is 0. The van der Waals surface area contributed by atoms with Gasteiger partial charge in [-0.25, -0.2) is 0 Å². The van der Waals surface area contributed by atoms with Gasteiger partial charge in [-0.05, 0) is 18.4 Å². The van der Waals surface area contributed by atoms with Gasteiger partial charge in [0.2, 0.25) is 0 Å². The highest BCUT2D eigenvalue weighted by Crippen LogP contribution is 2.25. The number of hydrogen-bond donors (Lipinski definition) is 1. The van der Waals surface area contributed by atoms with E-state index >= 15 is 0 Å². The molecule has 80 valence electrons. The number of carbonyl (C=O) groups is 1. The molecule has 0 spiro atoms. The Kier molecular flexibility index (Phi) is 3.17. The maximum atomic E-state index is 11.9. The largest absolute Gasteiger partial charge is 0.327 e. The lowest BCUT2D eigenvalue weighted by molar-refractivity contribution is -0.122. The number of ketones is 1. The van der Waals surface area contributed by atoms with E-state index in [0.29, 0.717) is 12.2 Å². The van der Waals surface area contributed by atoms with Crippen LogP contribution in [0.1, 0.15) is 24.8 Å². The van der Waals surface area contributed by atoms with Crippen molar-refractivity contribution in [3.8, 4) is 0 Å². The molecule has 1 aromatic rings. The Hall–Kier alpha value is -1.15. The Morgan fingerprint density at radius 1 is 1.27 bits per heavy atom. The van der Waals surface area contributed by atoms with Crippen LogP contribution >= 0.6 is 0 Å². The van der Waals surface area contributed by atoms with E-state index in [1.54, 1.807) is 0 Å². The van der Waals surface area contributed by atoms with Crippen LogP contribution in [0.2, 0.25) is 0 Å². The lowest BCUT2D eigenvalue weighted by Crippen LogP contribution is -2.31. The van der Waals surface area contributed by atoms with Gasteiger partial charge >= 0.3 is 0 Å². The first-order valence-corrected chi connectivity index (χ1v) is 5.59. The molecule has 0 heterocycles. The van der Waals surface area contributed by atoms with Crippen molar-refractivity contribution in [1.29, 1.82) is 0 Å². The van der Waals surface area contributed by atoms with E-state index in [1.165, 1.54) is 0 Å². The third kappa shape index (κ3) is 2.45. The highest BCUT2D eigenvalue weighted by atomic mass is 16.1. The molecule has 1 aliphatic rings. The van der Waals surface area contributed by atoms with Gasteiger partial charge in [-0.1, -0.05) is 36.8 Å². The van der Waals surface area contributed by atoms with E-state index in [9.17, 15) is 4.79 Å². The summed E-state index contributed by atoms with van der Waals surface area (Å²) in [6.07, 6.45) is 3.63. The molecule has 1 saturated carbocycles. The van der Waals surface area contributed by atoms with Gasteiger partial charge < -0.3 is 5.73 Å². The standard InChI is InChI=1S/C13H17NO/c14-12-8-4-7-11(12)13(15)9-10-5-2-1-3-6-10/h1-3,5-6,11-12H,4,7-9,14H2. The molecular weight excluding hydrogens is 186 g/mol. The second-order valence-electron chi connectivity index (χ2n) is 4.33. The van der Waals surface area contributed by atoms with Crippen molar-refractivity contribution in [1.82, 2.24) is 0 Å². The number of nitrogens with two attached hydrogens (primary N) is 1. The summed E-state index contributed by atoms with van der Waals surface area (Å²) in [5.74, 6) is 0.413. The van der Waals surface area contributed by atoms with Gasteiger partial charge in [-0.3, -0.25) is 4.79 Å². The molecule has 2 nitrogen and oxygen atoms in total. The van der Waals surface area contributed by atoms with Crippen molar-refractivity contribution in [2.24, 2.45) is 11.7 Å². The SMILES string of the molecule is NC1CCCC1C(=O)Cc1ccccc1. The molecule has 1 aliphatic carbocycles. The molecule has 2 rings (SSSR count). The Morgan fingerprint density at radius 3 is 2.60 bits per heavy atom. The molecule has 1 aromatic carbocycles. The highest BCUT2D eigenvalue weighted by molar-refractivity contribution is 5.84. The summed E-state index contributed by atoms with van der Waals surface area (Å²) in [4.78, 5) is 11.9. The molecule has 0 aliphatic heterocycles. The fourth-order valence-corrected chi connectivity index (χ4v) is 2.32. The van der Waals surface area contributed by atoms with Gasteiger partial charge in [-0.15, -0.1) is 0 Å². The molecule has 0 radical (unpaired) electrons. The van der Waals surface area contributed by atoms with Gasteiger partial charge in [0, 0.05) is 18.4 Å². The van der Waals surface area contributed by atoms with Crippen molar-refractivity contribution < 1.29 is 4.79 Å². The van der Waals surface area contributed by atoms with E-state index in [-0.39, 0.29) is 12.0 Å². The summed E-state index contributed by atoms with van der Waals surface area (Å²) in [6.45, 7) is 0. The van der Waals surface area contributed by atoms with Crippen LogP contribution in [-0.4, -0.2) is 11.8 Å². The smallest absolute Gasteiger partial charge is 0.141 e. The lowest BCUT2D eigenvalue weighted by Gasteiger charge is -2.13. The van der Waals surface area contributed by atoms with Gasteiger partial charge in [0.1, 0.15) is 5.78 Å². The van der Waals surface area contributed by atoms with Crippen molar-refractivity contribution in [2.45, 2.75) is 31.7 Å². The van der Waals surface area contributed by atoms with Crippen molar-refractivity contribution in [2.75, 3.05) is 0 Å². The molecular formula is C13H17NO. The molecule has 0 amide bonds. The van der Waals surface area contributed by atoms with Crippen LogP contribution in [0.25, 0.3) is 0 Å². The normalized spacial score (nSPS) is 25.4.